The van der Waals surface area contributed by atoms with Crippen LogP contribution >= 0.6 is 7.82 Å². The number of likely N-dealkylation sites (N-methyl/N-ethyl adjacent to an activating group) is 1. The summed E-state index contributed by atoms with van der Waals surface area (Å²) in [7, 11) is 1.19. The number of nitrogens with zero attached hydrogens (tertiary/aromatic N) is 1. The quantitative estimate of drug-likeness (QED) is 0.0212. The van der Waals surface area contributed by atoms with E-state index in [4.69, 9.17) is 13.8 Å². The Morgan fingerprint density at radius 1 is 0.443 bits per heavy atom. The predicted octanol–water partition coefficient (Wildman–Crippen LogP) is 20.6. The number of hydrogen-bond donors (Lipinski definition) is 1. The summed E-state index contributed by atoms with van der Waals surface area (Å²) in [6.45, 7) is 6.86. The molecule has 0 spiro atoms. The van der Waals surface area contributed by atoms with Crippen LogP contribution in [0.1, 0.15) is 329 Å². The molecule has 10 heteroatoms. The molecule has 0 aliphatic carbocycles. The molecule has 9 nitrogen and oxygen atoms in total. The lowest BCUT2D eigenvalue weighted by molar-refractivity contribution is -0.870. The molecule has 3 atom stereocenters. The first kappa shape index (κ1) is 77.0. The molecule has 0 saturated carbocycles. The van der Waals surface area contributed by atoms with Gasteiger partial charge in [-0.2, -0.15) is 0 Å². The van der Waals surface area contributed by atoms with Gasteiger partial charge in [0.05, 0.1) is 33.8 Å². The summed E-state index contributed by atoms with van der Waals surface area (Å²) in [5, 5.41) is 3.04. The number of esters is 1. The van der Waals surface area contributed by atoms with Gasteiger partial charge in [0.1, 0.15) is 19.3 Å². The van der Waals surface area contributed by atoms with Crippen LogP contribution in [-0.2, 0) is 27.9 Å². The Hall–Kier alpha value is -2.03. The van der Waals surface area contributed by atoms with E-state index >= 15 is 0 Å². The monoisotopic (exact) mass is 1130 g/mol. The molecular weight excluding hydrogens is 1000 g/mol. The number of nitrogens with one attached hydrogen (secondary N) is 1. The summed E-state index contributed by atoms with van der Waals surface area (Å²) in [4.78, 5) is 40.1. The van der Waals surface area contributed by atoms with Crippen LogP contribution in [0.2, 0.25) is 0 Å². The molecule has 0 radical (unpaired) electrons. The van der Waals surface area contributed by atoms with Crippen LogP contribution < -0.4 is 10.2 Å². The van der Waals surface area contributed by atoms with Crippen LogP contribution in [0.5, 0.6) is 0 Å². The number of ether oxygens (including phenoxy) is 1. The molecule has 0 aromatic carbocycles. The van der Waals surface area contributed by atoms with E-state index < -0.39 is 20.0 Å². The smallest absolute Gasteiger partial charge is 0.306 e. The van der Waals surface area contributed by atoms with Crippen LogP contribution in [0, 0.1) is 0 Å². The second-order valence-electron chi connectivity index (χ2n) is 24.3. The summed E-state index contributed by atoms with van der Waals surface area (Å²) < 4.78 is 30.4. The molecule has 0 aromatic heterocycles. The number of allylic oxidation sites excluding steroid dienone is 7. The van der Waals surface area contributed by atoms with Gasteiger partial charge in [0.15, 0.2) is 0 Å². The minimum atomic E-state index is -4.70. The van der Waals surface area contributed by atoms with Crippen molar-refractivity contribution in [2.24, 2.45) is 0 Å². The van der Waals surface area contributed by atoms with E-state index in [0.29, 0.717) is 17.4 Å². The molecule has 464 valence electrons. The lowest BCUT2D eigenvalue weighted by Gasteiger charge is -2.30. The van der Waals surface area contributed by atoms with E-state index in [1.807, 2.05) is 33.3 Å². The van der Waals surface area contributed by atoms with Gasteiger partial charge in [-0.05, 0) is 89.5 Å². The van der Waals surface area contributed by atoms with Crippen molar-refractivity contribution in [2.75, 3.05) is 40.9 Å². The van der Waals surface area contributed by atoms with Gasteiger partial charge in [-0.25, -0.2) is 0 Å². The molecule has 1 amide bonds. The Labute approximate surface area is 490 Å². The second kappa shape index (κ2) is 59.1. The van der Waals surface area contributed by atoms with E-state index in [2.05, 4.69) is 62.5 Å². The zero-order valence-corrected chi connectivity index (χ0v) is 54.0. The largest absolute Gasteiger partial charge is 0.756 e. The number of quaternary nitrogens is 1. The number of hydrogen-bond acceptors (Lipinski definition) is 7. The highest BCUT2D eigenvalue weighted by molar-refractivity contribution is 7.45. The number of unbranched alkanes of at least 4 members (excludes halogenated alkanes) is 40. The van der Waals surface area contributed by atoms with Gasteiger partial charge in [0.25, 0.3) is 7.82 Å². The standard InChI is InChI=1S/C69H131N2O7P/c1-7-10-13-16-19-22-25-28-30-32-34-35-37-38-40-43-46-49-52-55-58-61-68(72)70-66(65-77-79(74,75)76-64-63-71(4,5)6)67(60-57-54-51-48-45-42-27-24-21-18-15-12-9-3)78-69(73)62-59-56-53-50-47-44-41-39-36-33-31-29-26-23-20-17-14-11-8-2/h19,22,28-31,57,60,66-67H,7-18,20-21,23-27,32-56,58-59,61-65H2,1-6H3,(H-,70,72,74,75)/b22-19-,30-28-,31-29+,60-57+. The molecular formula is C69H131N2O7P. The van der Waals surface area contributed by atoms with E-state index in [1.54, 1.807) is 0 Å². The second-order valence-corrected chi connectivity index (χ2v) is 25.7. The molecule has 0 fully saturated rings. The summed E-state index contributed by atoms with van der Waals surface area (Å²) in [5.74, 6) is -0.533. The van der Waals surface area contributed by atoms with Gasteiger partial charge in [-0.15, -0.1) is 0 Å². The van der Waals surface area contributed by atoms with Crippen LogP contribution in [0.4, 0.5) is 0 Å². The van der Waals surface area contributed by atoms with Gasteiger partial charge in [0, 0.05) is 12.8 Å². The average molecular weight is 1130 g/mol. The number of phosphoric ester groups is 1. The SMILES string of the molecule is CCCCC/C=C\C/C=C\CCCCCCCCCCCCCC(=O)NC(COP(=O)([O-])OCC[N+](C)(C)C)C(/C=C/CCCCCCCCCCCCC)OC(=O)CCCCCCCCCCC/C=C/CCCCCCCC. The van der Waals surface area contributed by atoms with Gasteiger partial charge >= 0.3 is 5.97 Å². The molecule has 3 unspecified atom stereocenters. The summed E-state index contributed by atoms with van der Waals surface area (Å²) >= 11 is 0. The first-order valence-electron chi connectivity index (χ1n) is 33.9. The van der Waals surface area contributed by atoms with Crippen LogP contribution in [0.15, 0.2) is 48.6 Å². The molecule has 0 aliphatic rings. The number of carbonyl (C=O) groups is 2. The van der Waals surface area contributed by atoms with E-state index in [9.17, 15) is 19.0 Å². The molecule has 0 heterocycles. The highest BCUT2D eigenvalue weighted by Crippen LogP contribution is 2.38. The Kier molecular flexibility index (Phi) is 57.6. The van der Waals surface area contributed by atoms with Crippen molar-refractivity contribution in [3.05, 3.63) is 48.6 Å². The number of rotatable bonds is 62. The van der Waals surface area contributed by atoms with Crippen LogP contribution in [0.3, 0.4) is 0 Å². The predicted molar refractivity (Wildman–Crippen MR) is 339 cm³/mol. The zero-order chi connectivity index (χ0) is 57.9. The summed E-state index contributed by atoms with van der Waals surface area (Å²) in [5.41, 5.74) is 0. The van der Waals surface area contributed by atoms with Crippen molar-refractivity contribution in [1.29, 1.82) is 0 Å². The van der Waals surface area contributed by atoms with Crippen LogP contribution in [0.25, 0.3) is 0 Å². The number of amides is 1. The highest BCUT2D eigenvalue weighted by atomic mass is 31.2. The minimum Gasteiger partial charge on any atom is -0.756 e. The lowest BCUT2D eigenvalue weighted by Crippen LogP contribution is -2.47. The van der Waals surface area contributed by atoms with E-state index in [1.165, 1.54) is 231 Å². The third-order valence-corrected chi connectivity index (χ3v) is 16.2. The maximum absolute atomic E-state index is 13.6. The minimum absolute atomic E-state index is 0.0221. The molecule has 0 rings (SSSR count). The molecule has 0 saturated heterocycles. The fourth-order valence-corrected chi connectivity index (χ4v) is 10.7. The normalized spacial score (nSPS) is 13.9. The average Bonchev–Trinajstić information content (AvgIpc) is 3.41. The van der Waals surface area contributed by atoms with Gasteiger partial charge in [-0.3, -0.25) is 14.2 Å². The van der Waals surface area contributed by atoms with Crippen LogP contribution in [-0.4, -0.2) is 69.4 Å². The fraction of sp³-hybridized carbons (Fsp3) is 0.855. The maximum Gasteiger partial charge on any atom is 0.306 e. The van der Waals surface area contributed by atoms with E-state index in [0.717, 1.165) is 64.2 Å². The summed E-state index contributed by atoms with van der Waals surface area (Å²) in [6, 6.07) is -0.890. The number of carbonyl (C=O) groups excluding carboxylic acids is 2. The van der Waals surface area contributed by atoms with Crippen molar-refractivity contribution in [3.63, 3.8) is 0 Å². The Bertz CT molecular complexity index is 1490. The molecule has 79 heavy (non-hydrogen) atoms. The van der Waals surface area contributed by atoms with Gasteiger partial charge < -0.3 is 28.5 Å². The van der Waals surface area contributed by atoms with Crippen molar-refractivity contribution >= 4 is 19.7 Å². The Morgan fingerprint density at radius 3 is 1.18 bits per heavy atom. The zero-order valence-electron chi connectivity index (χ0n) is 53.1. The first-order chi connectivity index (χ1) is 38.4. The molecule has 0 aliphatic heterocycles. The molecule has 0 bridgehead atoms. The maximum atomic E-state index is 13.6. The van der Waals surface area contributed by atoms with Crippen molar-refractivity contribution in [1.82, 2.24) is 5.32 Å². The Balaban J connectivity index is 5.17. The third-order valence-electron chi connectivity index (χ3n) is 15.2. The van der Waals surface area contributed by atoms with E-state index in [-0.39, 0.29) is 31.5 Å². The summed E-state index contributed by atoms with van der Waals surface area (Å²) in [6.07, 6.45) is 73.6. The van der Waals surface area contributed by atoms with Gasteiger partial charge in [-0.1, -0.05) is 275 Å². The number of phosphoric acid groups is 1. The van der Waals surface area contributed by atoms with Gasteiger partial charge in [0.2, 0.25) is 5.91 Å². The molecule has 1 N–H and O–H groups in total. The fourth-order valence-electron chi connectivity index (χ4n) is 9.96. The van der Waals surface area contributed by atoms with Crippen molar-refractivity contribution < 1.29 is 37.3 Å². The first-order valence-corrected chi connectivity index (χ1v) is 35.4. The van der Waals surface area contributed by atoms with Crippen molar-refractivity contribution in [2.45, 2.75) is 341 Å². The highest BCUT2D eigenvalue weighted by Gasteiger charge is 2.27. The lowest BCUT2D eigenvalue weighted by atomic mass is 10.0. The molecule has 0 aromatic rings. The Morgan fingerprint density at radius 2 is 0.772 bits per heavy atom. The topological polar surface area (TPSA) is 114 Å². The van der Waals surface area contributed by atoms with Crippen molar-refractivity contribution in [3.8, 4) is 0 Å². The third kappa shape index (κ3) is 60.4.